The van der Waals surface area contributed by atoms with Crippen molar-refractivity contribution in [1.82, 2.24) is 0 Å². The number of nitrogens with one attached hydrogen (secondary N) is 1. The average Bonchev–Trinajstić information content (AvgIpc) is 3.19. The molecule has 6 nitrogen and oxygen atoms in total. The number of nitrogens with two attached hydrogens (primary N) is 1. The summed E-state index contributed by atoms with van der Waals surface area (Å²) >= 11 is 0. The van der Waals surface area contributed by atoms with E-state index in [0.717, 1.165) is 49.8 Å². The lowest BCUT2D eigenvalue weighted by molar-refractivity contribution is 0.0893. The van der Waals surface area contributed by atoms with Crippen molar-refractivity contribution in [3.63, 3.8) is 0 Å². The highest BCUT2D eigenvalue weighted by Crippen LogP contribution is 2.23. The predicted molar refractivity (Wildman–Crippen MR) is 123 cm³/mol. The first kappa shape index (κ1) is 22.4. The van der Waals surface area contributed by atoms with Gasteiger partial charge in [0.1, 0.15) is 11.5 Å². The fourth-order valence-electron chi connectivity index (χ4n) is 2.78. The van der Waals surface area contributed by atoms with Gasteiger partial charge in [0.05, 0.1) is 13.2 Å². The number of aliphatic imine (C=N–C) groups is 1. The summed E-state index contributed by atoms with van der Waals surface area (Å²) in [6.45, 7) is 3.76. The van der Waals surface area contributed by atoms with Crippen molar-refractivity contribution in [2.24, 2.45) is 16.6 Å². The van der Waals surface area contributed by atoms with Gasteiger partial charge in [0, 0.05) is 37.4 Å². The van der Waals surface area contributed by atoms with Gasteiger partial charge in [-0.1, -0.05) is 24.3 Å². The molecule has 1 fully saturated rings. The van der Waals surface area contributed by atoms with Gasteiger partial charge < -0.3 is 25.3 Å². The highest BCUT2D eigenvalue weighted by Gasteiger charge is 2.15. The van der Waals surface area contributed by atoms with Crippen LogP contribution in [0.25, 0.3) is 0 Å². The number of anilines is 1. The molecular weight excluding hydrogens is 469 g/mol. The Labute approximate surface area is 183 Å². The third kappa shape index (κ3) is 8.04. The lowest BCUT2D eigenvalue weighted by atomic mass is 10.1. The van der Waals surface area contributed by atoms with E-state index in [9.17, 15) is 0 Å². The van der Waals surface area contributed by atoms with E-state index in [1.165, 1.54) is 0 Å². The monoisotopic (exact) mass is 497 g/mol. The number of halogens is 1. The van der Waals surface area contributed by atoms with Crippen molar-refractivity contribution in [3.8, 4) is 11.5 Å². The Morgan fingerprint density at radius 1 is 1.14 bits per heavy atom. The summed E-state index contributed by atoms with van der Waals surface area (Å²) in [4.78, 5) is 4.34. The maximum Gasteiger partial charge on any atom is 0.193 e. The minimum Gasteiger partial charge on any atom is -0.457 e. The molecule has 2 aromatic rings. The van der Waals surface area contributed by atoms with E-state index in [4.69, 9.17) is 19.9 Å². The molecule has 1 saturated heterocycles. The van der Waals surface area contributed by atoms with Crippen molar-refractivity contribution in [3.05, 3.63) is 54.6 Å². The van der Waals surface area contributed by atoms with Crippen LogP contribution in [0.15, 0.2) is 59.6 Å². The molecule has 3 N–H and O–H groups in total. The topological polar surface area (TPSA) is 78.1 Å². The van der Waals surface area contributed by atoms with Crippen molar-refractivity contribution in [2.75, 3.05) is 38.3 Å². The van der Waals surface area contributed by atoms with Crippen LogP contribution in [0.2, 0.25) is 0 Å². The van der Waals surface area contributed by atoms with Crippen LogP contribution >= 0.6 is 24.0 Å². The van der Waals surface area contributed by atoms with Crippen molar-refractivity contribution < 1.29 is 14.2 Å². The quantitative estimate of drug-likeness (QED) is 0.234. The number of ether oxygens (including phenoxy) is 3. The minimum absolute atomic E-state index is 0. The van der Waals surface area contributed by atoms with E-state index < -0.39 is 0 Å². The molecule has 3 rings (SSSR count). The molecule has 1 aliphatic rings. The lowest BCUT2D eigenvalue weighted by Crippen LogP contribution is -2.23. The second kappa shape index (κ2) is 12.6. The molecule has 0 amide bonds. The van der Waals surface area contributed by atoms with E-state index in [-0.39, 0.29) is 24.0 Å². The van der Waals surface area contributed by atoms with Gasteiger partial charge in [0.15, 0.2) is 5.96 Å². The molecule has 2 aromatic carbocycles. The Balaban J connectivity index is 0.00000280. The summed E-state index contributed by atoms with van der Waals surface area (Å²) in [5.74, 6) is 2.46. The predicted octanol–water partition coefficient (Wildman–Crippen LogP) is 4.27. The summed E-state index contributed by atoms with van der Waals surface area (Å²) in [5.41, 5.74) is 6.80. The van der Waals surface area contributed by atoms with Crippen LogP contribution in [-0.4, -0.2) is 38.9 Å². The Bertz CT molecular complexity index is 722. The van der Waals surface area contributed by atoms with Gasteiger partial charge in [0.25, 0.3) is 0 Å². The van der Waals surface area contributed by atoms with Gasteiger partial charge in [0.2, 0.25) is 0 Å². The Morgan fingerprint density at radius 3 is 2.75 bits per heavy atom. The molecule has 0 spiro atoms. The van der Waals surface area contributed by atoms with Crippen LogP contribution in [0.1, 0.15) is 12.8 Å². The summed E-state index contributed by atoms with van der Waals surface area (Å²) in [7, 11) is 0. The number of hydrogen-bond donors (Lipinski definition) is 2. The maximum atomic E-state index is 5.96. The fraction of sp³-hybridized carbons (Fsp3) is 0.381. The van der Waals surface area contributed by atoms with Gasteiger partial charge in [-0.25, -0.2) is 0 Å². The first-order valence-electron chi connectivity index (χ1n) is 9.35. The highest BCUT2D eigenvalue weighted by atomic mass is 127. The largest absolute Gasteiger partial charge is 0.457 e. The van der Waals surface area contributed by atoms with Gasteiger partial charge in [-0.3, -0.25) is 4.99 Å². The zero-order valence-corrected chi connectivity index (χ0v) is 18.2. The van der Waals surface area contributed by atoms with E-state index in [1.807, 2.05) is 54.6 Å². The van der Waals surface area contributed by atoms with Crippen molar-refractivity contribution in [2.45, 2.75) is 12.8 Å². The highest BCUT2D eigenvalue weighted by molar-refractivity contribution is 14.0. The molecule has 0 aliphatic carbocycles. The van der Waals surface area contributed by atoms with Gasteiger partial charge in [-0.05, 0) is 37.1 Å². The van der Waals surface area contributed by atoms with Crippen LogP contribution in [0, 0.1) is 5.92 Å². The molecule has 1 heterocycles. The fourth-order valence-corrected chi connectivity index (χ4v) is 2.78. The molecule has 1 atom stereocenters. The second-order valence-corrected chi connectivity index (χ2v) is 6.49. The molecular formula is C21H28IN3O3. The molecule has 0 aromatic heterocycles. The first-order chi connectivity index (χ1) is 13.3. The van der Waals surface area contributed by atoms with E-state index in [2.05, 4.69) is 10.3 Å². The molecule has 28 heavy (non-hydrogen) atoms. The SMILES string of the molecule is I.NC(=NCCCOCC1CCOC1)Nc1cccc(Oc2ccccc2)c1. The minimum atomic E-state index is 0. The third-order valence-corrected chi connectivity index (χ3v) is 4.19. The Kier molecular flexibility index (Phi) is 10.1. The Hall–Kier alpha value is -1.84. The molecule has 1 aliphatic heterocycles. The zero-order valence-electron chi connectivity index (χ0n) is 15.9. The number of benzene rings is 2. The number of para-hydroxylation sites is 1. The molecule has 0 bridgehead atoms. The van der Waals surface area contributed by atoms with Crippen molar-refractivity contribution in [1.29, 1.82) is 0 Å². The van der Waals surface area contributed by atoms with Gasteiger partial charge >= 0.3 is 0 Å². The average molecular weight is 497 g/mol. The summed E-state index contributed by atoms with van der Waals surface area (Å²) in [6.07, 6.45) is 1.94. The molecule has 152 valence electrons. The van der Waals surface area contributed by atoms with Crippen molar-refractivity contribution >= 4 is 35.6 Å². The van der Waals surface area contributed by atoms with Crippen LogP contribution in [0.3, 0.4) is 0 Å². The van der Waals surface area contributed by atoms with Crippen LogP contribution < -0.4 is 15.8 Å². The maximum absolute atomic E-state index is 5.96. The molecule has 0 radical (unpaired) electrons. The molecule has 1 unspecified atom stereocenters. The number of guanidine groups is 1. The second-order valence-electron chi connectivity index (χ2n) is 6.49. The normalized spacial score (nSPS) is 16.4. The first-order valence-corrected chi connectivity index (χ1v) is 9.35. The number of nitrogens with zero attached hydrogens (tertiary/aromatic N) is 1. The molecule has 0 saturated carbocycles. The summed E-state index contributed by atoms with van der Waals surface area (Å²) < 4.78 is 16.8. The Morgan fingerprint density at radius 2 is 1.96 bits per heavy atom. The van der Waals surface area contributed by atoms with E-state index in [1.54, 1.807) is 0 Å². The van der Waals surface area contributed by atoms with Crippen LogP contribution in [-0.2, 0) is 9.47 Å². The standard InChI is InChI=1S/C21H27N3O3.HI/c22-21(23-11-5-12-25-15-17-10-13-26-16-17)24-18-6-4-9-20(14-18)27-19-7-2-1-3-8-19;/h1-4,6-9,14,17H,5,10-13,15-16H2,(H3,22,23,24);1H. The van der Waals surface area contributed by atoms with E-state index >= 15 is 0 Å². The van der Waals surface area contributed by atoms with E-state index in [0.29, 0.717) is 25.0 Å². The summed E-state index contributed by atoms with van der Waals surface area (Å²) in [6, 6.07) is 17.3. The smallest absolute Gasteiger partial charge is 0.193 e. The number of hydrogen-bond acceptors (Lipinski definition) is 4. The zero-order chi connectivity index (χ0) is 18.7. The van der Waals surface area contributed by atoms with Gasteiger partial charge in [-0.2, -0.15) is 0 Å². The van der Waals surface area contributed by atoms with Crippen LogP contribution in [0.5, 0.6) is 11.5 Å². The third-order valence-electron chi connectivity index (χ3n) is 4.19. The lowest BCUT2D eigenvalue weighted by Gasteiger charge is -2.10. The molecule has 7 heteroatoms. The van der Waals surface area contributed by atoms with Crippen LogP contribution in [0.4, 0.5) is 5.69 Å². The summed E-state index contributed by atoms with van der Waals surface area (Å²) in [5, 5.41) is 3.09. The van der Waals surface area contributed by atoms with Gasteiger partial charge in [-0.15, -0.1) is 24.0 Å². The number of rotatable bonds is 9.